The van der Waals surface area contributed by atoms with E-state index in [2.05, 4.69) is 230 Å². The molecule has 5 aliphatic rings. The first-order chi connectivity index (χ1) is 59.4. The molecule has 5 fully saturated rings. The zero-order chi connectivity index (χ0) is 93.2. The monoisotopic (exact) mass is 1770 g/mol. The summed E-state index contributed by atoms with van der Waals surface area (Å²) in [7, 11) is 2.28. The van der Waals surface area contributed by atoms with Crippen LogP contribution in [-0.4, -0.2) is 214 Å². The van der Waals surface area contributed by atoms with Crippen LogP contribution in [0.15, 0.2) is 0 Å². The van der Waals surface area contributed by atoms with Crippen molar-refractivity contribution in [1.29, 1.82) is 0 Å². The number of hydroxylamine groups is 10. The Morgan fingerprint density at radius 1 is 0.254 bits per heavy atom. The molecular weight excluding hydrogens is 1570 g/mol. The maximum Gasteiger partial charge on any atom is 0.232 e. The van der Waals surface area contributed by atoms with E-state index in [1.807, 2.05) is 0 Å². The summed E-state index contributed by atoms with van der Waals surface area (Å²) in [6.07, 6.45) is 54.7. The van der Waals surface area contributed by atoms with Crippen LogP contribution in [0.3, 0.4) is 0 Å². The van der Waals surface area contributed by atoms with Gasteiger partial charge in [-0.3, -0.25) is 33.8 Å². The lowest BCUT2D eigenvalue weighted by molar-refractivity contribution is -0.288. The molecule has 0 N–H and O–H groups in total. The van der Waals surface area contributed by atoms with Gasteiger partial charge >= 0.3 is 0 Å². The lowest BCUT2D eigenvalue weighted by Crippen LogP contribution is -2.64. The molecular formula is C106H205N13O7. The third-order valence-electron chi connectivity index (χ3n) is 29.3. The van der Waals surface area contributed by atoms with Crippen LogP contribution in [-0.2, 0) is 33.8 Å². The number of hydrogen-bond acceptors (Lipinski definition) is 18. The number of piperidine rings is 5. The molecule has 5 aliphatic heterocycles. The Balaban J connectivity index is 1.40. The molecule has 2 amide bonds. The summed E-state index contributed by atoms with van der Waals surface area (Å²) in [5.74, 6) is 2.63. The van der Waals surface area contributed by atoms with Crippen molar-refractivity contribution in [1.82, 2.24) is 50.1 Å². The average molecular weight is 1770 g/mol. The van der Waals surface area contributed by atoms with Crippen LogP contribution >= 0.6 is 0 Å². The maximum absolute atomic E-state index is 14.0. The number of amides is 2. The highest BCUT2D eigenvalue weighted by Gasteiger charge is 2.54. The summed E-state index contributed by atoms with van der Waals surface area (Å²) in [5, 5.41) is 11.7. The van der Waals surface area contributed by atoms with Crippen molar-refractivity contribution >= 4 is 29.7 Å². The normalized spacial score (nSPS) is 21.2. The molecule has 20 heteroatoms. The van der Waals surface area contributed by atoms with E-state index in [1.165, 1.54) is 161 Å². The van der Waals surface area contributed by atoms with E-state index in [0.29, 0.717) is 0 Å². The molecule has 0 unspecified atom stereocenters. The van der Waals surface area contributed by atoms with Gasteiger partial charge in [0.1, 0.15) is 0 Å². The van der Waals surface area contributed by atoms with Crippen molar-refractivity contribution in [3.63, 3.8) is 0 Å². The van der Waals surface area contributed by atoms with E-state index in [-0.39, 0.29) is 97.4 Å². The Labute approximate surface area is 777 Å². The minimum atomic E-state index is -0.313. The van der Waals surface area contributed by atoms with Gasteiger partial charge in [-0.05, 0) is 260 Å². The van der Waals surface area contributed by atoms with E-state index in [0.717, 1.165) is 231 Å². The average Bonchev–Trinajstić information content (AvgIpc) is 0.773. The number of anilines is 3. The maximum atomic E-state index is 14.0. The van der Waals surface area contributed by atoms with Gasteiger partial charge in [-0.1, -0.05) is 227 Å². The second-order valence-corrected chi connectivity index (χ2v) is 46.8. The van der Waals surface area contributed by atoms with Crippen LogP contribution in [0, 0.1) is 0 Å². The first kappa shape index (κ1) is 112. The number of nitrogens with zero attached hydrogens (tertiary/aromatic N) is 13. The standard InChI is InChI=1S/C106H205N13O7/c1-29-34-39-44-54-63-72-122-115-97(8,9)77-89(78-98(115,10)11)110(28)94-107-95(113(92-83-103(20,21)118(104(22,23)84-92)125-75-66-57-47-42-37-32-4)70-61-51-49-50-59-68-111(87(6)120)90-79-99(12,13)116(100(14,15)80-90)123-73-64-55-45-40-35-30-2)109-96(108-94)114(93-85-105(24,25)119(106(26,27)86-93)126-76-67-58-48-43-38-33-5)71-62-53-52-60-69-112(88(7)121)91-81-101(16,17)117(102(18,19)82-91)124-74-65-56-46-41-36-31-3/h89-93H,29-86H2,1-28H3. The number of carbonyl (C=O) groups excluding carboxylic acids is 2. The second kappa shape index (κ2) is 53.3. The zero-order valence-electron chi connectivity index (χ0n) is 88.1. The third kappa shape index (κ3) is 35.0. The van der Waals surface area contributed by atoms with Crippen LogP contribution in [0.1, 0.15) is 502 Å². The highest BCUT2D eigenvalue weighted by Crippen LogP contribution is 2.48. The molecule has 0 aromatic carbocycles. The van der Waals surface area contributed by atoms with E-state index < -0.39 is 0 Å². The highest BCUT2D eigenvalue weighted by atomic mass is 16.7. The number of aromatic nitrogens is 3. The second-order valence-electron chi connectivity index (χ2n) is 46.8. The van der Waals surface area contributed by atoms with Gasteiger partial charge in [-0.25, -0.2) is 0 Å². The molecule has 20 nitrogen and oxygen atoms in total. The van der Waals surface area contributed by atoms with Gasteiger partial charge in [-0.15, -0.1) is 0 Å². The molecule has 0 aliphatic carbocycles. The molecule has 0 bridgehead atoms. The lowest BCUT2D eigenvalue weighted by atomic mass is 9.78. The van der Waals surface area contributed by atoms with Gasteiger partial charge in [-0.2, -0.15) is 40.3 Å². The minimum Gasteiger partial charge on any atom is -0.341 e. The van der Waals surface area contributed by atoms with Crippen LogP contribution in [0.25, 0.3) is 0 Å². The fourth-order valence-corrected chi connectivity index (χ4v) is 24.2. The highest BCUT2D eigenvalue weighted by molar-refractivity contribution is 5.74. The molecule has 0 saturated carbocycles. The smallest absolute Gasteiger partial charge is 0.232 e. The third-order valence-corrected chi connectivity index (χ3v) is 29.3. The Bertz CT molecular complexity index is 3090. The number of hydrogen-bond donors (Lipinski definition) is 0. The summed E-state index contributed by atoms with van der Waals surface area (Å²) in [6, 6.07) is 0.554. The summed E-state index contributed by atoms with van der Waals surface area (Å²) in [5.41, 5.74) is -2.71. The quantitative estimate of drug-likeness (QED) is 0.0568. The van der Waals surface area contributed by atoms with Crippen molar-refractivity contribution in [2.45, 2.75) is 587 Å². The van der Waals surface area contributed by atoms with Crippen molar-refractivity contribution in [2.75, 3.05) is 81.0 Å². The Hall–Kier alpha value is -3.05. The summed E-state index contributed by atoms with van der Waals surface area (Å²) in [6.45, 7) is 69.2. The molecule has 5 saturated heterocycles. The van der Waals surface area contributed by atoms with E-state index >= 15 is 0 Å². The number of carbonyl (C=O) groups is 2. The number of unbranched alkanes of at least 4 members (excludes halogenated alkanes) is 32. The van der Waals surface area contributed by atoms with Crippen molar-refractivity contribution in [2.24, 2.45) is 0 Å². The SMILES string of the molecule is CCCCCCCCON1C(C)(C)CC(N(CCCCCCCN(c2nc(N(C)C3CC(C)(C)N(OCCCCCCCC)C(C)(C)C3)nc(N(CCCCCCN(C(C)=O)C3CC(C)(C)N(OCCCCCCCC)C(C)(C)C3)C3CC(C)(C)N(OCCCCCCCC)C(C)(C)C3)n2)C2CC(C)(C)N(OCCCCCCCC)C(C)(C)C2)C(C)=O)CC1(C)C. The molecule has 736 valence electrons. The number of rotatable bonds is 63. The van der Waals surface area contributed by atoms with E-state index in [4.69, 9.17) is 39.1 Å². The molecule has 0 spiro atoms. The van der Waals surface area contributed by atoms with Gasteiger partial charge in [0.15, 0.2) is 0 Å². The molecule has 0 radical (unpaired) electrons. The molecule has 1 aromatic rings. The van der Waals surface area contributed by atoms with Crippen LogP contribution in [0.4, 0.5) is 17.8 Å². The van der Waals surface area contributed by atoms with Crippen molar-refractivity contribution < 1.29 is 33.8 Å². The summed E-state index contributed by atoms with van der Waals surface area (Å²) < 4.78 is 0. The van der Waals surface area contributed by atoms with Gasteiger partial charge in [0.25, 0.3) is 0 Å². The predicted molar refractivity (Wildman–Crippen MR) is 531 cm³/mol. The van der Waals surface area contributed by atoms with Gasteiger partial charge in [0.05, 0.1) is 33.0 Å². The topological polar surface area (TPSA) is 151 Å². The summed E-state index contributed by atoms with van der Waals surface area (Å²) >= 11 is 0. The van der Waals surface area contributed by atoms with Gasteiger partial charge in [0.2, 0.25) is 29.7 Å². The lowest BCUT2D eigenvalue weighted by Gasteiger charge is -2.56. The van der Waals surface area contributed by atoms with Crippen LogP contribution in [0.2, 0.25) is 0 Å². The Morgan fingerprint density at radius 2 is 0.429 bits per heavy atom. The largest absolute Gasteiger partial charge is 0.341 e. The first-order valence-corrected chi connectivity index (χ1v) is 53.1. The molecule has 0 atom stereocenters. The van der Waals surface area contributed by atoms with E-state index in [1.54, 1.807) is 13.8 Å². The fourth-order valence-electron chi connectivity index (χ4n) is 24.2. The zero-order valence-corrected chi connectivity index (χ0v) is 88.1. The molecule has 6 heterocycles. The van der Waals surface area contributed by atoms with Crippen LogP contribution in [0.5, 0.6) is 0 Å². The van der Waals surface area contributed by atoms with Crippen LogP contribution < -0.4 is 14.7 Å². The van der Waals surface area contributed by atoms with E-state index in [9.17, 15) is 9.59 Å². The summed E-state index contributed by atoms with van der Waals surface area (Å²) in [4.78, 5) is 92.6. The molecule has 126 heavy (non-hydrogen) atoms. The first-order valence-electron chi connectivity index (χ1n) is 53.1. The van der Waals surface area contributed by atoms with Crippen molar-refractivity contribution in [3.05, 3.63) is 0 Å². The Kier molecular flexibility index (Phi) is 47.2. The Morgan fingerprint density at radius 3 is 0.643 bits per heavy atom. The molecule has 6 rings (SSSR count). The predicted octanol–water partition coefficient (Wildman–Crippen LogP) is 26.7. The fraction of sp³-hybridized carbons (Fsp3) is 0.953. The molecule has 1 aromatic heterocycles. The minimum absolute atomic E-state index is 0.0829. The van der Waals surface area contributed by atoms with Gasteiger partial charge < -0.3 is 24.5 Å². The van der Waals surface area contributed by atoms with Crippen molar-refractivity contribution in [3.8, 4) is 0 Å². The van der Waals surface area contributed by atoms with Gasteiger partial charge in [0, 0.05) is 133 Å².